The number of pyridine rings is 1. The van der Waals surface area contributed by atoms with E-state index in [2.05, 4.69) is 14.8 Å². The molecule has 6 nitrogen and oxygen atoms in total. The molecule has 8 heteroatoms. The predicted molar refractivity (Wildman–Crippen MR) is 102 cm³/mol. The highest BCUT2D eigenvalue weighted by Crippen LogP contribution is 2.40. The Hall–Kier alpha value is -3.03. The maximum absolute atomic E-state index is 13.0. The van der Waals surface area contributed by atoms with Crippen molar-refractivity contribution in [1.82, 2.24) is 14.8 Å². The number of carbonyl (C=O) groups excluding carboxylic acids is 1. The van der Waals surface area contributed by atoms with Crippen molar-refractivity contribution in [3.63, 3.8) is 0 Å². The molecule has 0 N–H and O–H groups in total. The van der Waals surface area contributed by atoms with E-state index in [0.29, 0.717) is 33.8 Å². The Morgan fingerprint density at radius 1 is 1.24 bits per heavy atom. The van der Waals surface area contributed by atoms with E-state index in [0.717, 1.165) is 18.5 Å². The second kappa shape index (κ2) is 7.42. The monoisotopic (exact) mass is 401 g/mol. The zero-order valence-corrected chi connectivity index (χ0v) is 16.4. The number of carbonyl (C=O) groups is 1. The smallest absolute Gasteiger partial charge is 0.387 e. The molecule has 1 fully saturated rings. The number of hydrogen-bond acceptors (Lipinski definition) is 5. The maximum Gasteiger partial charge on any atom is 0.387 e. The van der Waals surface area contributed by atoms with Crippen LogP contribution < -0.4 is 4.74 Å². The molecule has 1 aliphatic rings. The molecule has 0 radical (unpaired) electrons. The van der Waals surface area contributed by atoms with Crippen molar-refractivity contribution in [2.24, 2.45) is 7.05 Å². The van der Waals surface area contributed by atoms with Gasteiger partial charge in [-0.2, -0.15) is 13.9 Å². The minimum Gasteiger partial charge on any atom is -0.454 e. The van der Waals surface area contributed by atoms with Crippen LogP contribution in [-0.4, -0.2) is 27.3 Å². The quantitative estimate of drug-likeness (QED) is 0.562. The van der Waals surface area contributed by atoms with E-state index in [9.17, 15) is 13.6 Å². The van der Waals surface area contributed by atoms with E-state index in [1.165, 1.54) is 12.1 Å². The number of ether oxygens (including phenoxy) is 2. The fourth-order valence-corrected chi connectivity index (χ4v) is 3.43. The van der Waals surface area contributed by atoms with Gasteiger partial charge in [-0.25, -0.2) is 9.78 Å². The van der Waals surface area contributed by atoms with Crippen LogP contribution in [0.3, 0.4) is 0 Å². The molecule has 3 aromatic rings. The predicted octanol–water partition coefficient (Wildman–Crippen LogP) is 4.67. The second-order valence-electron chi connectivity index (χ2n) is 7.27. The summed E-state index contributed by atoms with van der Waals surface area (Å²) in [6.07, 6.45) is 1.56. The number of nitrogens with zero attached hydrogens (tertiary/aromatic N) is 3. The summed E-state index contributed by atoms with van der Waals surface area (Å²) in [4.78, 5) is 17.7. The molecule has 1 atom stereocenters. The summed E-state index contributed by atoms with van der Waals surface area (Å²) in [6.45, 7) is 0.688. The lowest BCUT2D eigenvalue weighted by atomic mass is 10.1. The van der Waals surface area contributed by atoms with Gasteiger partial charge in [0.1, 0.15) is 11.9 Å². The van der Waals surface area contributed by atoms with Crippen molar-refractivity contribution in [2.45, 2.75) is 45.3 Å². The Morgan fingerprint density at radius 2 is 1.93 bits per heavy atom. The molecule has 4 rings (SSSR count). The molecule has 0 aliphatic heterocycles. The van der Waals surface area contributed by atoms with Crippen LogP contribution in [0.15, 0.2) is 30.3 Å². The normalized spacial score (nSPS) is 15.0. The molecule has 1 aliphatic carbocycles. The van der Waals surface area contributed by atoms with Crippen LogP contribution in [0.1, 0.15) is 59.1 Å². The second-order valence-corrected chi connectivity index (χ2v) is 7.27. The standard InChI is InChI=1S/C21H21F2N3O3/c1-11-18-16(10-17(14-4-5-14)24-19(18)26(3)25-11)20(27)28-12(2)13-6-8-15(9-7-13)29-21(22)23/h6-10,12,14,21H,4-5H2,1-3H3. The van der Waals surface area contributed by atoms with Gasteiger partial charge in [0.2, 0.25) is 0 Å². The lowest BCUT2D eigenvalue weighted by Gasteiger charge is -2.15. The highest BCUT2D eigenvalue weighted by Gasteiger charge is 2.29. The summed E-state index contributed by atoms with van der Waals surface area (Å²) in [7, 11) is 1.81. The molecule has 0 bridgehead atoms. The van der Waals surface area contributed by atoms with E-state index in [4.69, 9.17) is 4.74 Å². The molecule has 152 valence electrons. The van der Waals surface area contributed by atoms with Gasteiger partial charge in [0.25, 0.3) is 0 Å². The van der Waals surface area contributed by atoms with Gasteiger partial charge in [0, 0.05) is 18.7 Å². The van der Waals surface area contributed by atoms with Crippen molar-refractivity contribution in [3.05, 3.63) is 52.8 Å². The summed E-state index contributed by atoms with van der Waals surface area (Å²) in [5, 5.41) is 5.09. The molecule has 0 saturated heterocycles. The molecule has 1 aromatic carbocycles. The zero-order chi connectivity index (χ0) is 20.7. The summed E-state index contributed by atoms with van der Waals surface area (Å²) < 4.78 is 36.3. The van der Waals surface area contributed by atoms with Gasteiger partial charge in [0.15, 0.2) is 5.65 Å². The zero-order valence-electron chi connectivity index (χ0n) is 16.4. The lowest BCUT2D eigenvalue weighted by Crippen LogP contribution is -2.11. The number of halogens is 2. The Kier molecular flexibility index (Phi) is 4.94. The van der Waals surface area contributed by atoms with Crippen molar-refractivity contribution < 1.29 is 23.0 Å². The molecule has 1 saturated carbocycles. The van der Waals surface area contributed by atoms with E-state index >= 15 is 0 Å². The highest BCUT2D eigenvalue weighted by molar-refractivity contribution is 6.04. The first-order valence-corrected chi connectivity index (χ1v) is 9.43. The van der Waals surface area contributed by atoms with Gasteiger partial charge in [-0.1, -0.05) is 12.1 Å². The third kappa shape index (κ3) is 3.92. The number of aryl methyl sites for hydroxylation is 2. The molecular formula is C21H21F2N3O3. The van der Waals surface area contributed by atoms with E-state index in [1.807, 2.05) is 13.0 Å². The van der Waals surface area contributed by atoms with Gasteiger partial charge in [0.05, 0.1) is 16.6 Å². The van der Waals surface area contributed by atoms with Crippen LogP contribution >= 0.6 is 0 Å². The van der Waals surface area contributed by atoms with Gasteiger partial charge in [-0.05, 0) is 50.5 Å². The highest BCUT2D eigenvalue weighted by atomic mass is 19.3. The number of fused-ring (bicyclic) bond motifs is 1. The minimum atomic E-state index is -2.88. The Balaban J connectivity index is 1.60. The first-order chi connectivity index (χ1) is 13.8. The van der Waals surface area contributed by atoms with Crippen molar-refractivity contribution >= 4 is 17.0 Å². The van der Waals surface area contributed by atoms with Gasteiger partial charge < -0.3 is 9.47 Å². The average molecular weight is 401 g/mol. The summed E-state index contributed by atoms with van der Waals surface area (Å²) in [5.74, 6) is -0.0325. The van der Waals surface area contributed by atoms with Crippen LogP contribution in [0.5, 0.6) is 5.75 Å². The van der Waals surface area contributed by atoms with E-state index < -0.39 is 18.7 Å². The van der Waals surface area contributed by atoms with Gasteiger partial charge in [-0.3, -0.25) is 4.68 Å². The third-order valence-corrected chi connectivity index (χ3v) is 5.06. The molecule has 0 amide bonds. The topological polar surface area (TPSA) is 66.2 Å². The van der Waals surface area contributed by atoms with Crippen LogP contribution in [0.4, 0.5) is 8.78 Å². The largest absolute Gasteiger partial charge is 0.454 e. The van der Waals surface area contributed by atoms with Crippen LogP contribution in [-0.2, 0) is 11.8 Å². The summed E-state index contributed by atoms with van der Waals surface area (Å²) in [6, 6.07) is 7.86. The fourth-order valence-electron chi connectivity index (χ4n) is 3.43. The molecule has 2 aromatic heterocycles. The first-order valence-electron chi connectivity index (χ1n) is 9.43. The van der Waals surface area contributed by atoms with Crippen molar-refractivity contribution in [3.8, 4) is 5.75 Å². The average Bonchev–Trinajstić information content (AvgIpc) is 3.48. The third-order valence-electron chi connectivity index (χ3n) is 5.06. The number of hydrogen-bond donors (Lipinski definition) is 0. The molecule has 0 spiro atoms. The number of benzene rings is 1. The number of alkyl halides is 2. The van der Waals surface area contributed by atoms with Crippen LogP contribution in [0.2, 0.25) is 0 Å². The Morgan fingerprint density at radius 3 is 2.55 bits per heavy atom. The fraction of sp³-hybridized carbons (Fsp3) is 0.381. The Bertz CT molecular complexity index is 1060. The molecule has 2 heterocycles. The minimum absolute atomic E-state index is 0.0539. The SMILES string of the molecule is Cc1nn(C)c2nc(C3CC3)cc(C(=O)OC(C)c3ccc(OC(F)F)cc3)c12. The van der Waals surface area contributed by atoms with E-state index in [-0.39, 0.29) is 5.75 Å². The van der Waals surface area contributed by atoms with Crippen molar-refractivity contribution in [2.75, 3.05) is 0 Å². The van der Waals surface area contributed by atoms with Gasteiger partial charge >= 0.3 is 12.6 Å². The maximum atomic E-state index is 13.0. The van der Waals surface area contributed by atoms with Crippen LogP contribution in [0, 0.1) is 6.92 Å². The number of rotatable bonds is 6. The van der Waals surface area contributed by atoms with Crippen molar-refractivity contribution in [1.29, 1.82) is 0 Å². The summed E-state index contributed by atoms with van der Waals surface area (Å²) >= 11 is 0. The van der Waals surface area contributed by atoms with E-state index in [1.54, 1.807) is 30.8 Å². The first kappa shape index (κ1) is 19.3. The Labute approximate surface area is 166 Å². The summed E-state index contributed by atoms with van der Waals surface area (Å²) in [5.41, 5.74) is 3.39. The number of aromatic nitrogens is 3. The lowest BCUT2D eigenvalue weighted by molar-refractivity contribution is -0.0498. The van der Waals surface area contributed by atoms with Gasteiger partial charge in [-0.15, -0.1) is 0 Å². The molecule has 1 unspecified atom stereocenters. The molecular weight excluding hydrogens is 380 g/mol. The number of esters is 1. The molecule has 29 heavy (non-hydrogen) atoms. The van der Waals surface area contributed by atoms with Crippen LogP contribution in [0.25, 0.3) is 11.0 Å².